The lowest BCUT2D eigenvalue weighted by atomic mass is 10.0. The SMILES string of the molecule is Cc1cc(C)c2cc(CN(CCc3ccccc3)C(=O)c3ccc(F)cc3)c(=O)[nH]c2c1. The van der Waals surface area contributed by atoms with E-state index in [0.717, 1.165) is 27.6 Å². The molecule has 3 aromatic carbocycles. The van der Waals surface area contributed by atoms with Gasteiger partial charge in [0.25, 0.3) is 11.5 Å². The van der Waals surface area contributed by atoms with E-state index in [2.05, 4.69) is 11.1 Å². The molecule has 0 saturated carbocycles. The molecule has 4 aromatic rings. The number of nitrogens with one attached hydrogen (secondary N) is 1. The molecule has 5 heteroatoms. The molecule has 4 rings (SSSR count). The second kappa shape index (κ2) is 9.18. The number of H-pyrrole nitrogens is 1. The van der Waals surface area contributed by atoms with Gasteiger partial charge in [0.2, 0.25) is 0 Å². The Morgan fingerprint density at radius 2 is 1.69 bits per heavy atom. The quantitative estimate of drug-likeness (QED) is 0.461. The van der Waals surface area contributed by atoms with Crippen LogP contribution in [-0.2, 0) is 13.0 Å². The number of aryl methyl sites for hydroxylation is 2. The van der Waals surface area contributed by atoms with E-state index >= 15 is 0 Å². The molecule has 1 amide bonds. The highest BCUT2D eigenvalue weighted by atomic mass is 19.1. The van der Waals surface area contributed by atoms with Gasteiger partial charge in [0.15, 0.2) is 0 Å². The first-order valence-electron chi connectivity index (χ1n) is 10.6. The summed E-state index contributed by atoms with van der Waals surface area (Å²) < 4.78 is 13.4. The summed E-state index contributed by atoms with van der Waals surface area (Å²) in [5.41, 5.74) is 4.74. The molecule has 0 aliphatic rings. The Morgan fingerprint density at radius 3 is 2.41 bits per heavy atom. The van der Waals surface area contributed by atoms with Gasteiger partial charge < -0.3 is 9.88 Å². The molecule has 0 aliphatic heterocycles. The average Bonchev–Trinajstić information content (AvgIpc) is 2.78. The van der Waals surface area contributed by atoms with Crippen molar-refractivity contribution in [2.75, 3.05) is 6.54 Å². The van der Waals surface area contributed by atoms with Crippen molar-refractivity contribution in [3.8, 4) is 0 Å². The van der Waals surface area contributed by atoms with Gasteiger partial charge in [0.05, 0.1) is 6.54 Å². The van der Waals surface area contributed by atoms with Crippen LogP contribution in [0, 0.1) is 19.7 Å². The number of carbonyl (C=O) groups excluding carboxylic acids is 1. The number of benzene rings is 3. The molecule has 0 aliphatic carbocycles. The summed E-state index contributed by atoms with van der Waals surface area (Å²) in [6, 6.07) is 21.3. The molecule has 4 nitrogen and oxygen atoms in total. The number of hydrogen-bond acceptors (Lipinski definition) is 2. The number of halogens is 1. The van der Waals surface area contributed by atoms with E-state index in [9.17, 15) is 14.0 Å². The topological polar surface area (TPSA) is 53.2 Å². The first kappa shape index (κ1) is 21.5. The molecular formula is C27H25FN2O2. The third-order valence-electron chi connectivity index (χ3n) is 5.64. The number of rotatable bonds is 6. The van der Waals surface area contributed by atoms with Gasteiger partial charge in [0.1, 0.15) is 5.82 Å². The number of nitrogens with zero attached hydrogens (tertiary/aromatic N) is 1. The van der Waals surface area contributed by atoms with Gasteiger partial charge in [-0.3, -0.25) is 9.59 Å². The molecule has 0 atom stereocenters. The fourth-order valence-electron chi connectivity index (χ4n) is 3.98. The van der Waals surface area contributed by atoms with E-state index in [1.165, 1.54) is 24.3 Å². The maximum Gasteiger partial charge on any atom is 0.254 e. The maximum absolute atomic E-state index is 13.4. The Balaban J connectivity index is 1.67. The number of hydrogen-bond donors (Lipinski definition) is 1. The molecule has 0 bridgehead atoms. The number of fused-ring (bicyclic) bond motifs is 1. The highest BCUT2D eigenvalue weighted by molar-refractivity contribution is 5.94. The second-order valence-electron chi connectivity index (χ2n) is 8.14. The highest BCUT2D eigenvalue weighted by Gasteiger charge is 2.18. The van der Waals surface area contributed by atoms with E-state index in [4.69, 9.17) is 0 Å². The lowest BCUT2D eigenvalue weighted by molar-refractivity contribution is 0.0744. The second-order valence-corrected chi connectivity index (χ2v) is 8.14. The lowest BCUT2D eigenvalue weighted by Gasteiger charge is -2.23. The van der Waals surface area contributed by atoms with Gasteiger partial charge in [-0.2, -0.15) is 0 Å². The van der Waals surface area contributed by atoms with Gasteiger partial charge in [-0.05, 0) is 73.4 Å². The summed E-state index contributed by atoms with van der Waals surface area (Å²) in [6.45, 7) is 4.60. The number of pyridine rings is 1. The number of aromatic amines is 1. The Labute approximate surface area is 186 Å². The molecule has 0 radical (unpaired) electrons. The van der Waals surface area contributed by atoms with Crippen LogP contribution in [0.5, 0.6) is 0 Å². The van der Waals surface area contributed by atoms with Crippen molar-refractivity contribution in [2.24, 2.45) is 0 Å². The predicted octanol–water partition coefficient (Wildman–Crippen LogP) is 5.17. The summed E-state index contributed by atoms with van der Waals surface area (Å²) in [4.78, 5) is 30.7. The van der Waals surface area contributed by atoms with E-state index in [-0.39, 0.29) is 18.0 Å². The molecule has 1 N–H and O–H groups in total. The largest absolute Gasteiger partial charge is 0.334 e. The monoisotopic (exact) mass is 428 g/mol. The van der Waals surface area contributed by atoms with Crippen molar-refractivity contribution in [2.45, 2.75) is 26.8 Å². The van der Waals surface area contributed by atoms with Crippen LogP contribution in [0.1, 0.15) is 32.6 Å². The van der Waals surface area contributed by atoms with Crippen LogP contribution in [0.4, 0.5) is 4.39 Å². The van der Waals surface area contributed by atoms with Crippen LogP contribution >= 0.6 is 0 Å². The normalized spacial score (nSPS) is 11.0. The zero-order valence-electron chi connectivity index (χ0n) is 18.2. The number of amides is 1. The third-order valence-corrected chi connectivity index (χ3v) is 5.64. The van der Waals surface area contributed by atoms with Crippen molar-refractivity contribution >= 4 is 16.8 Å². The number of carbonyl (C=O) groups is 1. The Hall–Kier alpha value is -3.73. The van der Waals surface area contributed by atoms with Crippen LogP contribution in [-0.4, -0.2) is 22.3 Å². The first-order chi connectivity index (χ1) is 15.4. The van der Waals surface area contributed by atoms with Gasteiger partial charge in [0, 0.05) is 28.6 Å². The summed E-state index contributed by atoms with van der Waals surface area (Å²) in [5, 5.41) is 0.961. The van der Waals surface area contributed by atoms with E-state index in [0.29, 0.717) is 24.1 Å². The molecule has 0 unspecified atom stereocenters. The summed E-state index contributed by atoms with van der Waals surface area (Å²) in [5.74, 6) is -0.629. The Morgan fingerprint density at radius 1 is 0.969 bits per heavy atom. The molecule has 0 saturated heterocycles. The van der Waals surface area contributed by atoms with Crippen molar-refractivity contribution < 1.29 is 9.18 Å². The van der Waals surface area contributed by atoms with Crippen LogP contribution in [0.15, 0.2) is 77.6 Å². The minimum Gasteiger partial charge on any atom is -0.334 e. The minimum atomic E-state index is -0.394. The average molecular weight is 429 g/mol. The third kappa shape index (κ3) is 4.78. The smallest absolute Gasteiger partial charge is 0.254 e. The fourth-order valence-corrected chi connectivity index (χ4v) is 3.98. The van der Waals surface area contributed by atoms with Crippen LogP contribution < -0.4 is 5.56 Å². The van der Waals surface area contributed by atoms with Crippen molar-refractivity contribution in [3.63, 3.8) is 0 Å². The summed E-state index contributed by atoms with van der Waals surface area (Å²) in [6.07, 6.45) is 0.650. The zero-order valence-corrected chi connectivity index (χ0v) is 18.2. The fraction of sp³-hybridized carbons (Fsp3) is 0.185. The first-order valence-corrected chi connectivity index (χ1v) is 10.6. The van der Waals surface area contributed by atoms with Crippen LogP contribution in [0.3, 0.4) is 0 Å². The summed E-state index contributed by atoms with van der Waals surface area (Å²) >= 11 is 0. The summed E-state index contributed by atoms with van der Waals surface area (Å²) in [7, 11) is 0. The molecule has 0 fully saturated rings. The molecular weight excluding hydrogens is 403 g/mol. The maximum atomic E-state index is 13.4. The van der Waals surface area contributed by atoms with Crippen molar-refractivity contribution in [3.05, 3.63) is 117 Å². The van der Waals surface area contributed by atoms with E-state index in [1.54, 1.807) is 4.90 Å². The van der Waals surface area contributed by atoms with Crippen molar-refractivity contribution in [1.82, 2.24) is 9.88 Å². The van der Waals surface area contributed by atoms with Gasteiger partial charge in [-0.15, -0.1) is 0 Å². The molecule has 32 heavy (non-hydrogen) atoms. The van der Waals surface area contributed by atoms with Crippen LogP contribution in [0.2, 0.25) is 0 Å². The zero-order chi connectivity index (χ0) is 22.7. The van der Waals surface area contributed by atoms with E-state index < -0.39 is 5.82 Å². The Bertz CT molecular complexity index is 1310. The minimum absolute atomic E-state index is 0.168. The van der Waals surface area contributed by atoms with Crippen molar-refractivity contribution in [1.29, 1.82) is 0 Å². The molecule has 0 spiro atoms. The lowest BCUT2D eigenvalue weighted by Crippen LogP contribution is -2.34. The van der Waals surface area contributed by atoms with E-state index in [1.807, 2.05) is 56.3 Å². The van der Waals surface area contributed by atoms with Gasteiger partial charge >= 0.3 is 0 Å². The highest BCUT2D eigenvalue weighted by Crippen LogP contribution is 2.20. The van der Waals surface area contributed by atoms with Gasteiger partial charge in [-0.25, -0.2) is 4.39 Å². The van der Waals surface area contributed by atoms with Gasteiger partial charge in [-0.1, -0.05) is 36.4 Å². The molecule has 1 aromatic heterocycles. The predicted molar refractivity (Wildman–Crippen MR) is 125 cm³/mol. The standard InChI is InChI=1S/C27H25FN2O2/c1-18-14-19(2)24-16-22(26(31)29-25(24)15-18)17-30(13-12-20-6-4-3-5-7-20)27(32)21-8-10-23(28)11-9-21/h3-11,14-16H,12-13,17H2,1-2H3,(H,29,31). The molecule has 162 valence electrons. The van der Waals surface area contributed by atoms with Crippen LogP contribution in [0.25, 0.3) is 10.9 Å². The Kier molecular flexibility index (Phi) is 6.17. The molecule has 1 heterocycles. The number of aromatic nitrogens is 1.